The summed E-state index contributed by atoms with van der Waals surface area (Å²) in [6.45, 7) is 5.10. The van der Waals surface area contributed by atoms with E-state index in [1.54, 1.807) is 0 Å². The third kappa shape index (κ3) is 5.14. The highest BCUT2D eigenvalue weighted by molar-refractivity contribution is 7.89. The zero-order valence-corrected chi connectivity index (χ0v) is 14.8. The van der Waals surface area contributed by atoms with Crippen molar-refractivity contribution in [3.05, 3.63) is 29.8 Å². The van der Waals surface area contributed by atoms with Crippen LogP contribution in [0.3, 0.4) is 0 Å². The molecule has 0 unspecified atom stereocenters. The molecule has 128 valence electrons. The smallest absolute Gasteiger partial charge is 0.243 e. The lowest BCUT2D eigenvalue weighted by Crippen LogP contribution is -2.42. The number of rotatable bonds is 8. The third-order valence-corrected chi connectivity index (χ3v) is 5.50. The van der Waals surface area contributed by atoms with E-state index in [-0.39, 0.29) is 29.2 Å². The number of nitrogens with zero attached hydrogens (tertiary/aromatic N) is 1. The van der Waals surface area contributed by atoms with Gasteiger partial charge in [0, 0.05) is 18.7 Å². The van der Waals surface area contributed by atoms with Gasteiger partial charge in [-0.2, -0.15) is 4.31 Å². The predicted octanol–water partition coefficient (Wildman–Crippen LogP) is 1.81. The van der Waals surface area contributed by atoms with Gasteiger partial charge in [-0.25, -0.2) is 8.42 Å². The van der Waals surface area contributed by atoms with Gasteiger partial charge in [-0.1, -0.05) is 26.0 Å². The number of nitrogens with one attached hydrogen (secondary N) is 1. The van der Waals surface area contributed by atoms with E-state index < -0.39 is 10.0 Å². The van der Waals surface area contributed by atoms with Crippen LogP contribution in [0.1, 0.15) is 44.0 Å². The molecule has 1 amide bonds. The number of benzene rings is 1. The summed E-state index contributed by atoms with van der Waals surface area (Å²) in [5, 5.41) is 2.81. The Hall–Kier alpha value is -1.73. The summed E-state index contributed by atoms with van der Waals surface area (Å²) in [6, 6.07) is 5.73. The molecule has 0 aliphatic heterocycles. The van der Waals surface area contributed by atoms with Gasteiger partial charge >= 0.3 is 0 Å². The van der Waals surface area contributed by atoms with E-state index in [0.717, 1.165) is 17.1 Å². The van der Waals surface area contributed by atoms with Crippen molar-refractivity contribution >= 4 is 21.7 Å². The van der Waals surface area contributed by atoms with E-state index >= 15 is 0 Å². The highest BCUT2D eigenvalue weighted by Gasteiger charge is 2.23. The molecular weight excluding hydrogens is 316 g/mol. The summed E-state index contributed by atoms with van der Waals surface area (Å²) in [6.07, 6.45) is 1.59. The first-order chi connectivity index (χ1) is 10.7. The van der Waals surface area contributed by atoms with Crippen LogP contribution < -0.4 is 5.32 Å². The predicted molar refractivity (Wildman–Crippen MR) is 88.8 cm³/mol. The largest absolute Gasteiger partial charge is 0.352 e. The van der Waals surface area contributed by atoms with E-state index in [1.807, 2.05) is 13.8 Å². The molecule has 0 aromatic heterocycles. The minimum absolute atomic E-state index is 0.0495. The van der Waals surface area contributed by atoms with Gasteiger partial charge in [-0.15, -0.1) is 0 Å². The maximum atomic E-state index is 12.4. The van der Waals surface area contributed by atoms with Crippen LogP contribution in [0.15, 0.2) is 29.2 Å². The van der Waals surface area contributed by atoms with Gasteiger partial charge in [-0.3, -0.25) is 9.59 Å². The van der Waals surface area contributed by atoms with E-state index in [4.69, 9.17) is 0 Å². The average molecular weight is 340 g/mol. The minimum Gasteiger partial charge on any atom is -0.352 e. The van der Waals surface area contributed by atoms with Crippen LogP contribution in [0.25, 0.3) is 0 Å². The minimum atomic E-state index is -3.76. The van der Waals surface area contributed by atoms with Gasteiger partial charge in [0.05, 0.1) is 11.4 Å². The Morgan fingerprint density at radius 1 is 1.13 bits per heavy atom. The highest BCUT2D eigenvalue weighted by atomic mass is 32.2. The number of ketones is 1. The van der Waals surface area contributed by atoms with Crippen molar-refractivity contribution in [2.24, 2.45) is 0 Å². The molecule has 0 aliphatic carbocycles. The SMILES string of the molecule is CCC(CC)NC(=O)CN(C)S(=O)(=O)c1ccc(C(C)=O)cc1. The molecule has 7 heteroatoms. The number of sulfonamides is 1. The molecule has 0 saturated carbocycles. The lowest BCUT2D eigenvalue weighted by Gasteiger charge is -2.19. The van der Waals surface area contributed by atoms with Gasteiger partial charge < -0.3 is 5.32 Å². The fraction of sp³-hybridized carbons (Fsp3) is 0.500. The number of carbonyl (C=O) groups excluding carboxylic acids is 2. The molecule has 23 heavy (non-hydrogen) atoms. The first-order valence-corrected chi connectivity index (χ1v) is 9.03. The number of Topliss-reactive ketones (excluding diaryl/α,β-unsaturated/α-hetero) is 1. The summed E-state index contributed by atoms with van der Waals surface area (Å²) in [7, 11) is -2.40. The second kappa shape index (κ2) is 8.21. The van der Waals surface area contributed by atoms with Gasteiger partial charge in [0.1, 0.15) is 0 Å². The number of hydrogen-bond acceptors (Lipinski definition) is 4. The number of hydrogen-bond donors (Lipinski definition) is 1. The van der Waals surface area contributed by atoms with Crippen molar-refractivity contribution in [3.8, 4) is 0 Å². The summed E-state index contributed by atoms with van der Waals surface area (Å²) < 4.78 is 25.9. The van der Waals surface area contributed by atoms with E-state index in [9.17, 15) is 18.0 Å². The third-order valence-electron chi connectivity index (χ3n) is 3.69. The van der Waals surface area contributed by atoms with E-state index in [1.165, 1.54) is 38.2 Å². The lowest BCUT2D eigenvalue weighted by atomic mass is 10.2. The van der Waals surface area contributed by atoms with Gasteiger partial charge in [0.15, 0.2) is 5.78 Å². The van der Waals surface area contributed by atoms with Gasteiger partial charge in [0.2, 0.25) is 15.9 Å². The molecule has 1 rings (SSSR count). The maximum Gasteiger partial charge on any atom is 0.243 e. The zero-order valence-electron chi connectivity index (χ0n) is 14.0. The number of amides is 1. The Balaban J connectivity index is 2.82. The highest BCUT2D eigenvalue weighted by Crippen LogP contribution is 2.15. The Labute approximate surface area is 137 Å². The summed E-state index contributed by atoms with van der Waals surface area (Å²) in [5.74, 6) is -0.461. The van der Waals surface area contributed by atoms with Crippen molar-refractivity contribution in [2.45, 2.75) is 44.6 Å². The fourth-order valence-corrected chi connectivity index (χ4v) is 3.22. The van der Waals surface area contributed by atoms with Crippen LogP contribution in [-0.2, 0) is 14.8 Å². The normalized spacial score (nSPS) is 11.7. The second-order valence-electron chi connectivity index (χ2n) is 5.42. The van der Waals surface area contributed by atoms with Crippen LogP contribution >= 0.6 is 0 Å². The molecule has 6 nitrogen and oxygen atoms in total. The molecule has 0 bridgehead atoms. The molecule has 0 heterocycles. The molecule has 0 saturated heterocycles. The summed E-state index contributed by atoms with van der Waals surface area (Å²) in [4.78, 5) is 23.2. The van der Waals surface area contributed by atoms with Crippen molar-refractivity contribution in [2.75, 3.05) is 13.6 Å². The molecule has 1 aromatic rings. The van der Waals surface area contributed by atoms with E-state index in [0.29, 0.717) is 5.56 Å². The van der Waals surface area contributed by atoms with E-state index in [2.05, 4.69) is 5.32 Å². The average Bonchev–Trinajstić information content (AvgIpc) is 2.52. The first kappa shape index (κ1) is 19.3. The van der Waals surface area contributed by atoms with Crippen LogP contribution in [-0.4, -0.2) is 44.0 Å². The molecule has 0 radical (unpaired) electrons. The van der Waals surface area contributed by atoms with Crippen LogP contribution in [0.5, 0.6) is 0 Å². The van der Waals surface area contributed by atoms with Crippen molar-refractivity contribution in [1.29, 1.82) is 0 Å². The van der Waals surface area contributed by atoms with Gasteiger partial charge in [0.25, 0.3) is 0 Å². The zero-order chi connectivity index (χ0) is 17.6. The standard InChI is InChI=1S/C16H24N2O4S/c1-5-14(6-2)17-16(20)11-18(4)23(21,22)15-9-7-13(8-10-15)12(3)19/h7-10,14H,5-6,11H2,1-4H3,(H,17,20). The lowest BCUT2D eigenvalue weighted by molar-refractivity contribution is -0.121. The maximum absolute atomic E-state index is 12.4. The summed E-state index contributed by atoms with van der Waals surface area (Å²) >= 11 is 0. The fourth-order valence-electron chi connectivity index (χ4n) is 2.09. The van der Waals surface area contributed by atoms with Crippen LogP contribution in [0, 0.1) is 0 Å². The number of likely N-dealkylation sites (N-methyl/N-ethyl adjacent to an activating group) is 1. The topological polar surface area (TPSA) is 83.6 Å². The Kier molecular flexibility index (Phi) is 6.90. The second-order valence-corrected chi connectivity index (χ2v) is 7.47. The van der Waals surface area contributed by atoms with Crippen molar-refractivity contribution < 1.29 is 18.0 Å². The summed E-state index contributed by atoms with van der Waals surface area (Å²) in [5.41, 5.74) is 0.443. The molecule has 1 N–H and O–H groups in total. The molecule has 0 spiro atoms. The van der Waals surface area contributed by atoms with Gasteiger partial charge in [-0.05, 0) is 31.9 Å². The van der Waals surface area contributed by atoms with Crippen LogP contribution in [0.2, 0.25) is 0 Å². The quantitative estimate of drug-likeness (QED) is 0.732. The van der Waals surface area contributed by atoms with Crippen LogP contribution in [0.4, 0.5) is 0 Å². The van der Waals surface area contributed by atoms with Crippen molar-refractivity contribution in [1.82, 2.24) is 9.62 Å². The molecule has 1 aromatic carbocycles. The molecule has 0 fully saturated rings. The first-order valence-electron chi connectivity index (χ1n) is 7.59. The molecule has 0 atom stereocenters. The van der Waals surface area contributed by atoms with Crippen molar-refractivity contribution in [3.63, 3.8) is 0 Å². The monoisotopic (exact) mass is 340 g/mol. The Morgan fingerprint density at radius 3 is 2.09 bits per heavy atom. The molecule has 0 aliphatic rings. The molecular formula is C16H24N2O4S. The number of carbonyl (C=O) groups is 2. The Morgan fingerprint density at radius 2 is 1.65 bits per heavy atom. The Bertz CT molecular complexity index is 649.